The number of rotatable bonds is 4. The maximum atomic E-state index is 5.91. The van der Waals surface area contributed by atoms with Gasteiger partial charge in [0.15, 0.2) is 0 Å². The van der Waals surface area contributed by atoms with Crippen molar-refractivity contribution in [2.75, 3.05) is 0 Å². The summed E-state index contributed by atoms with van der Waals surface area (Å²) in [4.78, 5) is 4.34. The summed E-state index contributed by atoms with van der Waals surface area (Å²) in [6, 6.07) is 6.78. The number of nitrogens with zero attached hydrogens (tertiary/aromatic N) is 1. The van der Waals surface area contributed by atoms with Crippen LogP contribution in [0.25, 0.3) is 0 Å². The first kappa shape index (κ1) is 13.6. The molecule has 0 saturated carbocycles. The summed E-state index contributed by atoms with van der Waals surface area (Å²) in [5.74, 6) is 1.03. The number of thiazole rings is 1. The van der Waals surface area contributed by atoms with Crippen LogP contribution in [-0.4, -0.2) is 10.6 Å². The van der Waals surface area contributed by atoms with Gasteiger partial charge < -0.3 is 10.1 Å². The molecule has 3 rings (SSSR count). The molecule has 0 aliphatic carbocycles. The van der Waals surface area contributed by atoms with Crippen molar-refractivity contribution in [3.05, 3.63) is 45.9 Å². The van der Waals surface area contributed by atoms with Crippen molar-refractivity contribution in [2.45, 2.75) is 45.4 Å². The molecule has 1 aromatic carbocycles. The maximum absolute atomic E-state index is 5.91. The van der Waals surface area contributed by atoms with Gasteiger partial charge in [0.05, 0.1) is 6.04 Å². The van der Waals surface area contributed by atoms with Gasteiger partial charge in [0.1, 0.15) is 16.4 Å². The summed E-state index contributed by atoms with van der Waals surface area (Å²) in [5.41, 5.74) is 2.55. The van der Waals surface area contributed by atoms with Crippen molar-refractivity contribution in [3.8, 4) is 5.75 Å². The predicted octanol–water partition coefficient (Wildman–Crippen LogP) is 3.71. The Morgan fingerprint density at radius 1 is 1.45 bits per heavy atom. The number of nitrogens with one attached hydrogen (secondary N) is 1. The van der Waals surface area contributed by atoms with Gasteiger partial charge in [-0.3, -0.25) is 0 Å². The number of ether oxygens (including phenoxy) is 1. The van der Waals surface area contributed by atoms with Crippen LogP contribution in [0.2, 0.25) is 0 Å². The molecule has 0 bridgehead atoms. The van der Waals surface area contributed by atoms with Gasteiger partial charge in [0, 0.05) is 24.5 Å². The Morgan fingerprint density at radius 3 is 3.05 bits per heavy atom. The quantitative estimate of drug-likeness (QED) is 0.931. The molecule has 2 heterocycles. The van der Waals surface area contributed by atoms with Crippen LogP contribution < -0.4 is 10.1 Å². The largest absolute Gasteiger partial charge is 0.487 e. The average Bonchev–Trinajstić information content (AvgIpc) is 3.00. The second-order valence-corrected chi connectivity index (χ2v) is 6.88. The molecule has 0 spiro atoms. The van der Waals surface area contributed by atoms with Gasteiger partial charge in [-0.2, -0.15) is 0 Å². The van der Waals surface area contributed by atoms with E-state index >= 15 is 0 Å². The lowest BCUT2D eigenvalue weighted by Crippen LogP contribution is -2.24. The zero-order valence-electron chi connectivity index (χ0n) is 12.1. The minimum Gasteiger partial charge on any atom is -0.487 e. The SMILES string of the molecule is CC(NCc1ccc2c(c1)CC(C)(C)O2)c1nccs1. The van der Waals surface area contributed by atoms with E-state index in [1.165, 1.54) is 11.1 Å². The van der Waals surface area contributed by atoms with E-state index in [0.717, 1.165) is 23.7 Å². The summed E-state index contributed by atoms with van der Waals surface area (Å²) in [7, 11) is 0. The lowest BCUT2D eigenvalue weighted by atomic mass is 10.0. The van der Waals surface area contributed by atoms with Gasteiger partial charge in [-0.1, -0.05) is 12.1 Å². The Kier molecular flexibility index (Phi) is 3.52. The van der Waals surface area contributed by atoms with Crippen molar-refractivity contribution in [1.82, 2.24) is 10.3 Å². The van der Waals surface area contributed by atoms with Crippen LogP contribution in [-0.2, 0) is 13.0 Å². The van der Waals surface area contributed by atoms with Gasteiger partial charge in [-0.25, -0.2) is 4.98 Å². The fourth-order valence-electron chi connectivity index (χ4n) is 2.58. The molecule has 2 aromatic rings. The molecule has 1 aliphatic heterocycles. The molecular weight excluding hydrogens is 268 g/mol. The normalized spacial score (nSPS) is 17.6. The highest BCUT2D eigenvalue weighted by Gasteiger charge is 2.29. The predicted molar refractivity (Wildman–Crippen MR) is 82.2 cm³/mol. The standard InChI is InChI=1S/C16H20N2OS/c1-11(15-17-6-7-20-15)18-10-12-4-5-14-13(8-12)9-16(2,3)19-14/h4-8,11,18H,9-10H2,1-3H3. The molecule has 4 heteroatoms. The molecular formula is C16H20N2OS. The van der Waals surface area contributed by atoms with Crippen LogP contribution in [0.5, 0.6) is 5.75 Å². The topological polar surface area (TPSA) is 34.1 Å². The molecule has 20 heavy (non-hydrogen) atoms. The molecule has 0 saturated heterocycles. The summed E-state index contributed by atoms with van der Waals surface area (Å²) in [6.45, 7) is 7.28. The van der Waals surface area contributed by atoms with E-state index in [1.54, 1.807) is 11.3 Å². The Morgan fingerprint density at radius 2 is 2.30 bits per heavy atom. The minimum atomic E-state index is -0.0669. The number of aromatic nitrogens is 1. The summed E-state index contributed by atoms with van der Waals surface area (Å²) < 4.78 is 5.91. The van der Waals surface area contributed by atoms with E-state index in [4.69, 9.17) is 4.74 Å². The Bertz CT molecular complexity index is 593. The third-order valence-electron chi connectivity index (χ3n) is 3.56. The number of fused-ring (bicyclic) bond motifs is 1. The molecule has 3 nitrogen and oxygen atoms in total. The molecule has 1 aliphatic rings. The maximum Gasteiger partial charge on any atom is 0.123 e. The first-order valence-corrected chi connectivity index (χ1v) is 7.85. The van der Waals surface area contributed by atoms with Crippen LogP contribution >= 0.6 is 11.3 Å². The van der Waals surface area contributed by atoms with Crippen molar-refractivity contribution in [2.24, 2.45) is 0 Å². The fraction of sp³-hybridized carbons (Fsp3) is 0.438. The van der Waals surface area contributed by atoms with E-state index < -0.39 is 0 Å². The van der Waals surface area contributed by atoms with Crippen molar-refractivity contribution >= 4 is 11.3 Å². The third kappa shape index (κ3) is 2.86. The summed E-state index contributed by atoms with van der Waals surface area (Å²) >= 11 is 1.69. The first-order chi connectivity index (χ1) is 9.53. The lowest BCUT2D eigenvalue weighted by molar-refractivity contribution is 0.138. The lowest BCUT2D eigenvalue weighted by Gasteiger charge is -2.16. The molecule has 1 N–H and O–H groups in total. The zero-order valence-corrected chi connectivity index (χ0v) is 13.0. The molecule has 0 radical (unpaired) electrons. The highest BCUT2D eigenvalue weighted by atomic mass is 32.1. The average molecular weight is 288 g/mol. The van der Waals surface area contributed by atoms with Crippen LogP contribution in [0.4, 0.5) is 0 Å². The van der Waals surface area contributed by atoms with Gasteiger partial charge in [-0.05, 0) is 38.0 Å². The number of hydrogen-bond donors (Lipinski definition) is 1. The molecule has 0 amide bonds. The molecule has 1 aromatic heterocycles. The second kappa shape index (κ2) is 5.19. The fourth-order valence-corrected chi connectivity index (χ4v) is 3.25. The molecule has 1 unspecified atom stereocenters. The van der Waals surface area contributed by atoms with E-state index in [1.807, 2.05) is 11.6 Å². The first-order valence-electron chi connectivity index (χ1n) is 6.97. The smallest absolute Gasteiger partial charge is 0.123 e. The zero-order chi connectivity index (χ0) is 14.2. The van der Waals surface area contributed by atoms with Crippen LogP contribution in [0.3, 0.4) is 0 Å². The van der Waals surface area contributed by atoms with E-state index in [0.29, 0.717) is 0 Å². The third-order valence-corrected chi connectivity index (χ3v) is 4.52. The van der Waals surface area contributed by atoms with E-state index in [9.17, 15) is 0 Å². The Labute approximate surface area is 124 Å². The summed E-state index contributed by atoms with van der Waals surface area (Å²) in [6.07, 6.45) is 2.84. The van der Waals surface area contributed by atoms with Crippen LogP contribution in [0, 0.1) is 0 Å². The minimum absolute atomic E-state index is 0.0669. The molecule has 106 valence electrons. The number of hydrogen-bond acceptors (Lipinski definition) is 4. The van der Waals surface area contributed by atoms with Gasteiger partial charge in [0.25, 0.3) is 0 Å². The second-order valence-electron chi connectivity index (χ2n) is 5.95. The molecule has 0 fully saturated rings. The van der Waals surface area contributed by atoms with Crippen molar-refractivity contribution < 1.29 is 4.74 Å². The molecule has 1 atom stereocenters. The van der Waals surface area contributed by atoms with Crippen molar-refractivity contribution in [3.63, 3.8) is 0 Å². The summed E-state index contributed by atoms with van der Waals surface area (Å²) in [5, 5.41) is 6.67. The Hall–Kier alpha value is -1.39. The van der Waals surface area contributed by atoms with Gasteiger partial charge >= 0.3 is 0 Å². The highest BCUT2D eigenvalue weighted by molar-refractivity contribution is 7.09. The van der Waals surface area contributed by atoms with E-state index in [2.05, 4.69) is 49.3 Å². The van der Waals surface area contributed by atoms with Crippen LogP contribution in [0.1, 0.15) is 42.9 Å². The number of benzene rings is 1. The van der Waals surface area contributed by atoms with Gasteiger partial charge in [0.2, 0.25) is 0 Å². The van der Waals surface area contributed by atoms with Crippen molar-refractivity contribution in [1.29, 1.82) is 0 Å². The van der Waals surface area contributed by atoms with Crippen LogP contribution in [0.15, 0.2) is 29.8 Å². The monoisotopic (exact) mass is 288 g/mol. The Balaban J connectivity index is 1.65. The van der Waals surface area contributed by atoms with Gasteiger partial charge in [-0.15, -0.1) is 11.3 Å². The highest BCUT2D eigenvalue weighted by Crippen LogP contribution is 2.35. The van der Waals surface area contributed by atoms with E-state index in [-0.39, 0.29) is 11.6 Å².